The van der Waals surface area contributed by atoms with Crippen LogP contribution in [0.25, 0.3) is 0 Å². The molecule has 1 aliphatic rings. The van der Waals surface area contributed by atoms with Crippen molar-refractivity contribution in [3.63, 3.8) is 0 Å². The summed E-state index contributed by atoms with van der Waals surface area (Å²) in [5.41, 5.74) is -0.0509. The fraction of sp³-hybridized carbons (Fsp3) is 0.250. The van der Waals surface area contributed by atoms with Gasteiger partial charge in [-0.05, 0) is 6.42 Å². The number of carbonyl (C=O) groups is 2. The second-order valence-electron chi connectivity index (χ2n) is 2.44. The van der Waals surface area contributed by atoms with Crippen molar-refractivity contribution in [3.8, 4) is 0 Å². The van der Waals surface area contributed by atoms with Crippen LogP contribution in [0.5, 0.6) is 0 Å². The van der Waals surface area contributed by atoms with E-state index in [4.69, 9.17) is 10.2 Å². The highest BCUT2D eigenvalue weighted by molar-refractivity contribution is 5.95. The number of carboxylic acids is 2. The Morgan fingerprint density at radius 3 is 2.50 bits per heavy atom. The summed E-state index contributed by atoms with van der Waals surface area (Å²) >= 11 is 0. The van der Waals surface area contributed by atoms with E-state index < -0.39 is 17.9 Å². The lowest BCUT2D eigenvalue weighted by Gasteiger charge is -2.11. The minimum atomic E-state index is -1.16. The van der Waals surface area contributed by atoms with Gasteiger partial charge in [0.2, 0.25) is 0 Å². The van der Waals surface area contributed by atoms with Crippen LogP contribution >= 0.6 is 0 Å². The number of carboxylic acid groups (broad SMARTS) is 2. The highest BCUT2D eigenvalue weighted by Crippen LogP contribution is 2.19. The third-order valence-corrected chi connectivity index (χ3v) is 1.65. The quantitative estimate of drug-likeness (QED) is 0.594. The van der Waals surface area contributed by atoms with Crippen LogP contribution in [0.2, 0.25) is 0 Å². The zero-order valence-electron chi connectivity index (χ0n) is 6.23. The Bertz CT molecular complexity index is 275. The molecule has 0 unspecified atom stereocenters. The van der Waals surface area contributed by atoms with Crippen LogP contribution in [0.3, 0.4) is 0 Å². The van der Waals surface area contributed by atoms with Gasteiger partial charge in [-0.3, -0.25) is 4.79 Å². The molecule has 0 radical (unpaired) electrons. The first-order chi connectivity index (χ1) is 5.63. The summed E-state index contributed by atoms with van der Waals surface area (Å²) in [6, 6.07) is 0. The number of hydrogen-bond acceptors (Lipinski definition) is 2. The van der Waals surface area contributed by atoms with E-state index in [1.54, 1.807) is 6.08 Å². The molecule has 0 heterocycles. The van der Waals surface area contributed by atoms with Gasteiger partial charge in [-0.25, -0.2) is 4.79 Å². The van der Waals surface area contributed by atoms with Crippen molar-refractivity contribution in [1.82, 2.24) is 0 Å². The predicted molar refractivity (Wildman–Crippen MR) is 40.6 cm³/mol. The van der Waals surface area contributed by atoms with Gasteiger partial charge in [0.25, 0.3) is 0 Å². The van der Waals surface area contributed by atoms with Crippen molar-refractivity contribution in [2.24, 2.45) is 5.92 Å². The Hall–Kier alpha value is -1.58. The first-order valence-electron chi connectivity index (χ1n) is 3.45. The lowest BCUT2D eigenvalue weighted by atomic mass is 9.94. The first-order valence-corrected chi connectivity index (χ1v) is 3.45. The molecule has 4 heteroatoms. The van der Waals surface area contributed by atoms with Crippen LogP contribution in [0.15, 0.2) is 23.8 Å². The molecule has 0 bridgehead atoms. The number of aliphatic carboxylic acids is 2. The fourth-order valence-electron chi connectivity index (χ4n) is 1.08. The van der Waals surface area contributed by atoms with Crippen LogP contribution < -0.4 is 0 Å². The Morgan fingerprint density at radius 2 is 2.08 bits per heavy atom. The maximum atomic E-state index is 10.5. The van der Waals surface area contributed by atoms with E-state index >= 15 is 0 Å². The van der Waals surface area contributed by atoms with Crippen LogP contribution in [0, 0.1) is 5.92 Å². The summed E-state index contributed by atoms with van der Waals surface area (Å²) in [6.45, 7) is 0. The molecule has 0 aromatic rings. The van der Waals surface area contributed by atoms with E-state index in [2.05, 4.69) is 0 Å². The molecule has 64 valence electrons. The second-order valence-corrected chi connectivity index (χ2v) is 2.44. The molecular formula is C8H8O4. The van der Waals surface area contributed by atoms with E-state index in [-0.39, 0.29) is 5.57 Å². The first kappa shape index (κ1) is 8.52. The Balaban J connectivity index is 2.90. The van der Waals surface area contributed by atoms with E-state index in [0.29, 0.717) is 6.42 Å². The van der Waals surface area contributed by atoms with Crippen LogP contribution in [0.4, 0.5) is 0 Å². The summed E-state index contributed by atoms with van der Waals surface area (Å²) in [5, 5.41) is 17.2. The van der Waals surface area contributed by atoms with E-state index in [1.807, 2.05) is 0 Å². The monoisotopic (exact) mass is 168 g/mol. The summed E-state index contributed by atoms with van der Waals surface area (Å²) in [7, 11) is 0. The Morgan fingerprint density at radius 1 is 1.42 bits per heavy atom. The molecule has 1 rings (SSSR count). The molecule has 0 saturated heterocycles. The van der Waals surface area contributed by atoms with Gasteiger partial charge in [0.15, 0.2) is 0 Å². The summed E-state index contributed by atoms with van der Waals surface area (Å²) in [5.74, 6) is -3.28. The molecule has 0 fully saturated rings. The third kappa shape index (κ3) is 1.53. The highest BCUT2D eigenvalue weighted by atomic mass is 16.4. The van der Waals surface area contributed by atoms with Gasteiger partial charge in [0, 0.05) is 0 Å². The minimum absolute atomic E-state index is 0.0509. The molecule has 0 spiro atoms. The topological polar surface area (TPSA) is 74.6 Å². The molecule has 12 heavy (non-hydrogen) atoms. The highest BCUT2D eigenvalue weighted by Gasteiger charge is 2.25. The maximum absolute atomic E-state index is 10.5. The van der Waals surface area contributed by atoms with E-state index in [0.717, 1.165) is 0 Å². The second kappa shape index (κ2) is 3.21. The van der Waals surface area contributed by atoms with Crippen molar-refractivity contribution in [2.45, 2.75) is 6.42 Å². The Labute approximate surface area is 68.8 Å². The molecule has 0 saturated carbocycles. The summed E-state index contributed by atoms with van der Waals surface area (Å²) in [4.78, 5) is 21.0. The molecule has 4 nitrogen and oxygen atoms in total. The Kier molecular flexibility index (Phi) is 2.28. The third-order valence-electron chi connectivity index (χ3n) is 1.65. The van der Waals surface area contributed by atoms with Crippen molar-refractivity contribution in [2.75, 3.05) is 0 Å². The average molecular weight is 168 g/mol. The smallest absolute Gasteiger partial charge is 0.332 e. The molecule has 1 aliphatic carbocycles. The van der Waals surface area contributed by atoms with Gasteiger partial charge in [0.1, 0.15) is 5.92 Å². The molecule has 2 N–H and O–H groups in total. The SMILES string of the molecule is O=C(O)C1=CCC=C[C@@H]1C(=O)O. The van der Waals surface area contributed by atoms with Gasteiger partial charge >= 0.3 is 11.9 Å². The zero-order valence-corrected chi connectivity index (χ0v) is 6.23. The summed E-state index contributed by atoms with van der Waals surface area (Å²) < 4.78 is 0. The average Bonchev–Trinajstić information content (AvgIpc) is 2.04. The maximum Gasteiger partial charge on any atom is 0.332 e. The van der Waals surface area contributed by atoms with E-state index in [9.17, 15) is 9.59 Å². The van der Waals surface area contributed by atoms with Crippen molar-refractivity contribution in [1.29, 1.82) is 0 Å². The standard InChI is InChI=1S/C8H8O4/c9-7(10)5-3-1-2-4-6(5)8(11)12/h1,3-5H,2H2,(H,9,10)(H,11,12)/t5-/m0/s1. The van der Waals surface area contributed by atoms with Gasteiger partial charge in [-0.15, -0.1) is 0 Å². The molecule has 0 aromatic heterocycles. The molecular weight excluding hydrogens is 160 g/mol. The van der Waals surface area contributed by atoms with Crippen molar-refractivity contribution < 1.29 is 19.8 Å². The number of rotatable bonds is 2. The minimum Gasteiger partial charge on any atom is -0.481 e. The van der Waals surface area contributed by atoms with Crippen molar-refractivity contribution in [3.05, 3.63) is 23.8 Å². The normalized spacial score (nSPS) is 21.7. The number of allylic oxidation sites excluding steroid dienone is 2. The summed E-state index contributed by atoms with van der Waals surface area (Å²) in [6.07, 6.45) is 4.95. The number of hydrogen-bond donors (Lipinski definition) is 2. The largest absolute Gasteiger partial charge is 0.481 e. The van der Waals surface area contributed by atoms with E-state index in [1.165, 1.54) is 12.2 Å². The fourth-order valence-corrected chi connectivity index (χ4v) is 1.08. The van der Waals surface area contributed by atoms with Crippen LogP contribution in [-0.4, -0.2) is 22.2 Å². The molecule has 0 amide bonds. The molecule has 0 aromatic carbocycles. The molecule has 1 atom stereocenters. The lowest BCUT2D eigenvalue weighted by Crippen LogP contribution is -2.20. The lowest BCUT2D eigenvalue weighted by molar-refractivity contribution is -0.142. The predicted octanol–water partition coefficient (Wildman–Crippen LogP) is 0.658. The van der Waals surface area contributed by atoms with Gasteiger partial charge in [0.05, 0.1) is 5.57 Å². The van der Waals surface area contributed by atoms with Crippen LogP contribution in [-0.2, 0) is 9.59 Å². The molecule has 0 aliphatic heterocycles. The van der Waals surface area contributed by atoms with Crippen LogP contribution in [0.1, 0.15) is 6.42 Å². The van der Waals surface area contributed by atoms with Crippen molar-refractivity contribution >= 4 is 11.9 Å². The van der Waals surface area contributed by atoms with Gasteiger partial charge in [-0.1, -0.05) is 18.2 Å². The zero-order chi connectivity index (χ0) is 9.14. The van der Waals surface area contributed by atoms with Gasteiger partial charge < -0.3 is 10.2 Å². The van der Waals surface area contributed by atoms with Gasteiger partial charge in [-0.2, -0.15) is 0 Å².